The maximum atomic E-state index is 13.6. The largest absolute Gasteiger partial charge is 0.312 e. The summed E-state index contributed by atoms with van der Waals surface area (Å²) in [5.74, 6) is -0.912. The summed E-state index contributed by atoms with van der Waals surface area (Å²) < 4.78 is 27.1. The van der Waals surface area contributed by atoms with Crippen LogP contribution >= 0.6 is 0 Å². The highest BCUT2D eigenvalue weighted by Gasteiger charge is 2.46. The van der Waals surface area contributed by atoms with Crippen molar-refractivity contribution in [1.29, 1.82) is 0 Å². The summed E-state index contributed by atoms with van der Waals surface area (Å²) >= 11 is 0. The third-order valence-electron chi connectivity index (χ3n) is 3.31. The summed E-state index contributed by atoms with van der Waals surface area (Å²) in [4.78, 5) is 0. The van der Waals surface area contributed by atoms with Gasteiger partial charge in [0, 0.05) is 11.6 Å². The fourth-order valence-electron chi connectivity index (χ4n) is 2.11. The summed E-state index contributed by atoms with van der Waals surface area (Å²) in [5.41, 5.74) is 0.192. The number of benzene rings is 1. The van der Waals surface area contributed by atoms with E-state index in [9.17, 15) is 8.78 Å². The van der Waals surface area contributed by atoms with Gasteiger partial charge in [-0.25, -0.2) is 8.78 Å². The third-order valence-corrected chi connectivity index (χ3v) is 3.31. The van der Waals surface area contributed by atoms with E-state index in [1.807, 2.05) is 0 Å². The van der Waals surface area contributed by atoms with Crippen molar-refractivity contribution in [3.63, 3.8) is 0 Å². The van der Waals surface area contributed by atoms with Crippen LogP contribution in [0.25, 0.3) is 0 Å². The first-order chi connectivity index (χ1) is 7.08. The van der Waals surface area contributed by atoms with Gasteiger partial charge in [-0.05, 0) is 37.4 Å². The third kappa shape index (κ3) is 1.76. The monoisotopic (exact) mass is 211 g/mol. The molecule has 0 aromatic heterocycles. The van der Waals surface area contributed by atoms with E-state index < -0.39 is 11.6 Å². The Kier molecular flexibility index (Phi) is 2.51. The standard InChI is InChI=1S/C12H15F2N/c1-12(6-7-12)11(15-2)10-8(13)4-3-5-9(10)14/h3-5,11,15H,6-7H2,1-2H3. The topological polar surface area (TPSA) is 12.0 Å². The minimum absolute atomic E-state index is 0.0117. The Bertz CT molecular complexity index is 352. The second-order valence-corrected chi connectivity index (χ2v) is 4.51. The molecule has 0 amide bonds. The van der Waals surface area contributed by atoms with Gasteiger partial charge in [-0.2, -0.15) is 0 Å². The molecule has 1 N–H and O–H groups in total. The number of rotatable bonds is 3. The molecule has 82 valence electrons. The molecular weight excluding hydrogens is 196 g/mol. The minimum Gasteiger partial charge on any atom is -0.312 e. The normalized spacial score (nSPS) is 20.0. The lowest BCUT2D eigenvalue weighted by Gasteiger charge is -2.24. The first-order valence-corrected chi connectivity index (χ1v) is 5.20. The van der Waals surface area contributed by atoms with Crippen LogP contribution in [0.15, 0.2) is 18.2 Å². The highest BCUT2D eigenvalue weighted by molar-refractivity contribution is 5.27. The van der Waals surface area contributed by atoms with Gasteiger partial charge >= 0.3 is 0 Å². The molecule has 1 nitrogen and oxygen atoms in total. The molecule has 1 aliphatic carbocycles. The van der Waals surface area contributed by atoms with Gasteiger partial charge < -0.3 is 5.32 Å². The van der Waals surface area contributed by atoms with Gasteiger partial charge in [0.15, 0.2) is 0 Å². The molecule has 1 atom stereocenters. The van der Waals surface area contributed by atoms with Crippen molar-refractivity contribution in [2.24, 2.45) is 5.41 Å². The Morgan fingerprint density at radius 3 is 2.20 bits per heavy atom. The van der Waals surface area contributed by atoms with E-state index in [-0.39, 0.29) is 17.0 Å². The lowest BCUT2D eigenvalue weighted by atomic mass is 9.91. The van der Waals surface area contributed by atoms with Crippen molar-refractivity contribution < 1.29 is 8.78 Å². The Hall–Kier alpha value is -0.960. The predicted octanol–water partition coefficient (Wildman–Crippen LogP) is 3.03. The van der Waals surface area contributed by atoms with Gasteiger partial charge in [0.25, 0.3) is 0 Å². The van der Waals surface area contributed by atoms with E-state index >= 15 is 0 Å². The predicted molar refractivity (Wildman–Crippen MR) is 55.5 cm³/mol. The maximum absolute atomic E-state index is 13.6. The molecule has 1 unspecified atom stereocenters. The van der Waals surface area contributed by atoms with Gasteiger partial charge in [-0.1, -0.05) is 13.0 Å². The average molecular weight is 211 g/mol. The summed E-state index contributed by atoms with van der Waals surface area (Å²) in [5, 5.41) is 3.02. The lowest BCUT2D eigenvalue weighted by Crippen LogP contribution is -2.26. The smallest absolute Gasteiger partial charge is 0.130 e. The average Bonchev–Trinajstić information content (AvgIpc) is 2.91. The van der Waals surface area contributed by atoms with Crippen LogP contribution in [-0.2, 0) is 0 Å². The minimum atomic E-state index is -0.456. The quantitative estimate of drug-likeness (QED) is 0.810. The molecule has 0 saturated heterocycles. The number of hydrogen-bond acceptors (Lipinski definition) is 1. The Labute approximate surface area is 88.5 Å². The van der Waals surface area contributed by atoms with Crippen LogP contribution in [0.1, 0.15) is 31.4 Å². The second-order valence-electron chi connectivity index (χ2n) is 4.51. The van der Waals surface area contributed by atoms with Crippen molar-refractivity contribution in [2.75, 3.05) is 7.05 Å². The van der Waals surface area contributed by atoms with Crippen LogP contribution in [0.2, 0.25) is 0 Å². The SMILES string of the molecule is CNC(c1c(F)cccc1F)C1(C)CC1. The molecule has 0 radical (unpaired) electrons. The molecule has 1 aliphatic rings. The number of hydrogen-bond donors (Lipinski definition) is 1. The van der Waals surface area contributed by atoms with E-state index in [1.165, 1.54) is 18.2 Å². The molecule has 1 fully saturated rings. The summed E-state index contributed by atoms with van der Waals surface area (Å²) in [6.45, 7) is 2.06. The van der Waals surface area contributed by atoms with E-state index in [0.29, 0.717) is 0 Å². The second kappa shape index (κ2) is 3.56. The van der Waals surface area contributed by atoms with Gasteiger partial charge in [0.1, 0.15) is 11.6 Å². The number of halogens is 2. The van der Waals surface area contributed by atoms with E-state index in [0.717, 1.165) is 12.8 Å². The van der Waals surface area contributed by atoms with Crippen LogP contribution < -0.4 is 5.32 Å². The summed E-state index contributed by atoms with van der Waals surface area (Å²) in [7, 11) is 1.75. The van der Waals surface area contributed by atoms with Crippen molar-refractivity contribution in [1.82, 2.24) is 5.32 Å². The molecule has 15 heavy (non-hydrogen) atoms. The fraction of sp³-hybridized carbons (Fsp3) is 0.500. The van der Waals surface area contributed by atoms with Gasteiger partial charge in [0.2, 0.25) is 0 Å². The molecule has 0 bridgehead atoms. The van der Waals surface area contributed by atoms with Gasteiger partial charge in [0.05, 0.1) is 0 Å². The first kappa shape index (κ1) is 10.6. The summed E-state index contributed by atoms with van der Waals surface area (Å²) in [6.07, 6.45) is 2.04. The molecule has 3 heteroatoms. The lowest BCUT2D eigenvalue weighted by molar-refractivity contribution is 0.362. The maximum Gasteiger partial charge on any atom is 0.130 e. The first-order valence-electron chi connectivity index (χ1n) is 5.20. The molecule has 0 aliphatic heterocycles. The molecule has 1 saturated carbocycles. The van der Waals surface area contributed by atoms with Crippen LogP contribution in [0.4, 0.5) is 8.78 Å². The van der Waals surface area contributed by atoms with E-state index in [2.05, 4.69) is 12.2 Å². The van der Waals surface area contributed by atoms with Crippen LogP contribution in [0, 0.1) is 17.0 Å². The highest BCUT2D eigenvalue weighted by Crippen LogP contribution is 2.54. The zero-order chi connectivity index (χ0) is 11.1. The Balaban J connectivity index is 2.42. The molecule has 1 aromatic rings. The van der Waals surface area contributed by atoms with Crippen molar-refractivity contribution >= 4 is 0 Å². The molecule has 2 rings (SSSR count). The van der Waals surface area contributed by atoms with Crippen molar-refractivity contribution in [2.45, 2.75) is 25.8 Å². The van der Waals surface area contributed by atoms with Crippen molar-refractivity contribution in [3.8, 4) is 0 Å². The van der Waals surface area contributed by atoms with Crippen LogP contribution in [0.3, 0.4) is 0 Å². The fourth-order valence-corrected chi connectivity index (χ4v) is 2.11. The summed E-state index contributed by atoms with van der Waals surface area (Å²) in [6, 6.07) is 3.80. The van der Waals surface area contributed by atoms with E-state index in [4.69, 9.17) is 0 Å². The number of nitrogens with one attached hydrogen (secondary N) is 1. The molecular formula is C12H15F2N. The van der Waals surface area contributed by atoms with E-state index in [1.54, 1.807) is 7.05 Å². The van der Waals surface area contributed by atoms with Crippen LogP contribution in [0.5, 0.6) is 0 Å². The Morgan fingerprint density at radius 2 is 1.80 bits per heavy atom. The van der Waals surface area contributed by atoms with Crippen LogP contribution in [-0.4, -0.2) is 7.05 Å². The van der Waals surface area contributed by atoms with Gasteiger partial charge in [-0.3, -0.25) is 0 Å². The Morgan fingerprint density at radius 1 is 1.27 bits per heavy atom. The molecule has 0 heterocycles. The van der Waals surface area contributed by atoms with Gasteiger partial charge in [-0.15, -0.1) is 0 Å². The zero-order valence-corrected chi connectivity index (χ0v) is 8.98. The zero-order valence-electron chi connectivity index (χ0n) is 8.98. The molecule has 0 spiro atoms. The van der Waals surface area contributed by atoms with Crippen molar-refractivity contribution in [3.05, 3.63) is 35.4 Å². The molecule has 1 aromatic carbocycles. The highest BCUT2D eigenvalue weighted by atomic mass is 19.1.